The number of alkyl carbamates (subject to hydrolysis) is 1. The Hall–Kier alpha value is -2.44. The highest BCUT2D eigenvalue weighted by molar-refractivity contribution is 5.96. The molecule has 6 nitrogen and oxygen atoms in total. The van der Waals surface area contributed by atoms with Gasteiger partial charge in [0.05, 0.1) is 6.61 Å². The maximum atomic E-state index is 13.2. The molecule has 0 unspecified atom stereocenters. The van der Waals surface area contributed by atoms with Gasteiger partial charge in [-0.25, -0.2) is 14.0 Å². The summed E-state index contributed by atoms with van der Waals surface area (Å²) in [5, 5.41) is 2.41. The summed E-state index contributed by atoms with van der Waals surface area (Å²) >= 11 is 0. The van der Waals surface area contributed by atoms with Crippen LogP contribution < -0.4 is 5.32 Å². The summed E-state index contributed by atoms with van der Waals surface area (Å²) in [7, 11) is 0. The lowest BCUT2D eigenvalue weighted by molar-refractivity contribution is -0.145. The van der Waals surface area contributed by atoms with Crippen molar-refractivity contribution >= 4 is 17.8 Å². The molecule has 0 aliphatic heterocycles. The predicted octanol–water partition coefficient (Wildman–Crippen LogP) is 3.25. The number of carbonyl (C=O) groups is 3. The Morgan fingerprint density at radius 1 is 1.24 bits per heavy atom. The van der Waals surface area contributed by atoms with E-state index in [0.29, 0.717) is 0 Å². The minimum Gasteiger partial charge on any atom is -0.464 e. The Kier molecular flexibility index (Phi) is 7.54. The Labute approximate surface area is 146 Å². The smallest absolute Gasteiger partial charge is 0.408 e. The largest absolute Gasteiger partial charge is 0.464 e. The predicted molar refractivity (Wildman–Crippen MR) is 89.8 cm³/mol. The number of rotatable bonds is 7. The first-order valence-electron chi connectivity index (χ1n) is 8.07. The minimum atomic E-state index is -1.02. The van der Waals surface area contributed by atoms with Crippen molar-refractivity contribution in [2.24, 2.45) is 0 Å². The number of hydrogen-bond donors (Lipinski definition) is 1. The molecule has 1 N–H and O–H groups in total. The number of benzene rings is 1. The van der Waals surface area contributed by atoms with E-state index in [1.807, 2.05) is 0 Å². The number of nitrogens with one attached hydrogen (secondary N) is 1. The molecule has 0 aromatic heterocycles. The number of carbonyl (C=O) groups excluding carboxylic acids is 3. The van der Waals surface area contributed by atoms with Gasteiger partial charge in [-0.05, 0) is 46.2 Å². The van der Waals surface area contributed by atoms with Crippen molar-refractivity contribution in [2.45, 2.75) is 52.2 Å². The van der Waals surface area contributed by atoms with Gasteiger partial charge in [0, 0.05) is 12.0 Å². The molecule has 0 saturated heterocycles. The summed E-state index contributed by atoms with van der Waals surface area (Å²) < 4.78 is 23.2. The number of amides is 1. The lowest BCUT2D eigenvalue weighted by Crippen LogP contribution is -2.44. The number of Topliss-reactive ketones (excluding diaryl/α,β-unsaturated/α-hetero) is 1. The Morgan fingerprint density at radius 2 is 1.92 bits per heavy atom. The lowest BCUT2D eigenvalue weighted by Gasteiger charge is -2.22. The lowest BCUT2D eigenvalue weighted by atomic mass is 10.0. The van der Waals surface area contributed by atoms with Gasteiger partial charge < -0.3 is 14.8 Å². The van der Waals surface area contributed by atoms with Crippen molar-refractivity contribution in [3.63, 3.8) is 0 Å². The minimum absolute atomic E-state index is 0.0213. The van der Waals surface area contributed by atoms with Gasteiger partial charge in [0.1, 0.15) is 17.5 Å². The van der Waals surface area contributed by atoms with E-state index in [4.69, 9.17) is 9.47 Å². The third-order valence-electron chi connectivity index (χ3n) is 3.07. The summed E-state index contributed by atoms with van der Waals surface area (Å²) in [6.45, 7) is 6.86. The molecule has 1 amide bonds. The number of ketones is 1. The molecule has 0 radical (unpaired) electrons. The summed E-state index contributed by atoms with van der Waals surface area (Å²) in [4.78, 5) is 36.0. The van der Waals surface area contributed by atoms with Crippen molar-refractivity contribution in [3.8, 4) is 0 Å². The van der Waals surface area contributed by atoms with Crippen LogP contribution in [0, 0.1) is 5.82 Å². The van der Waals surface area contributed by atoms with E-state index in [-0.39, 0.29) is 30.8 Å². The maximum Gasteiger partial charge on any atom is 0.408 e. The van der Waals surface area contributed by atoms with Crippen LogP contribution in [0.3, 0.4) is 0 Å². The zero-order valence-electron chi connectivity index (χ0n) is 14.9. The molecule has 0 bridgehead atoms. The van der Waals surface area contributed by atoms with E-state index in [9.17, 15) is 18.8 Å². The normalized spacial score (nSPS) is 12.2. The van der Waals surface area contributed by atoms with E-state index in [0.717, 1.165) is 6.07 Å². The van der Waals surface area contributed by atoms with Crippen molar-refractivity contribution in [3.05, 3.63) is 35.6 Å². The molecule has 0 spiro atoms. The van der Waals surface area contributed by atoms with Crippen LogP contribution in [0.1, 0.15) is 50.9 Å². The van der Waals surface area contributed by atoms with E-state index in [1.165, 1.54) is 18.2 Å². The van der Waals surface area contributed by atoms with Gasteiger partial charge in [-0.3, -0.25) is 4.79 Å². The molecule has 0 aliphatic carbocycles. The van der Waals surface area contributed by atoms with Crippen molar-refractivity contribution < 1.29 is 28.2 Å². The van der Waals surface area contributed by atoms with Crippen LogP contribution in [0.25, 0.3) is 0 Å². The van der Waals surface area contributed by atoms with E-state index >= 15 is 0 Å². The second-order valence-electron chi connectivity index (χ2n) is 6.42. The average Bonchev–Trinajstić information content (AvgIpc) is 2.49. The van der Waals surface area contributed by atoms with E-state index in [2.05, 4.69) is 5.32 Å². The third kappa shape index (κ3) is 7.78. The summed E-state index contributed by atoms with van der Waals surface area (Å²) in [6.07, 6.45) is -0.806. The molecule has 0 saturated carbocycles. The summed E-state index contributed by atoms with van der Waals surface area (Å²) in [6, 6.07) is 4.27. The molecular weight excluding hydrogens is 329 g/mol. The van der Waals surface area contributed by atoms with E-state index in [1.54, 1.807) is 27.7 Å². The SMILES string of the molecule is CCOC(=O)[C@@H](CCC(=O)c1cccc(F)c1)NC(=O)OC(C)(C)C. The van der Waals surface area contributed by atoms with Crippen LogP contribution in [0.5, 0.6) is 0 Å². The van der Waals surface area contributed by atoms with Gasteiger partial charge in [0.2, 0.25) is 0 Å². The zero-order valence-corrected chi connectivity index (χ0v) is 14.9. The van der Waals surface area contributed by atoms with Gasteiger partial charge in [-0.15, -0.1) is 0 Å². The van der Waals surface area contributed by atoms with Gasteiger partial charge in [0.15, 0.2) is 5.78 Å². The molecule has 1 aromatic rings. The van der Waals surface area contributed by atoms with Crippen LogP contribution in [0.15, 0.2) is 24.3 Å². The molecule has 1 rings (SSSR count). The fourth-order valence-corrected chi connectivity index (χ4v) is 2.02. The molecule has 138 valence electrons. The van der Waals surface area contributed by atoms with Crippen molar-refractivity contribution in [1.29, 1.82) is 0 Å². The first-order valence-corrected chi connectivity index (χ1v) is 8.07. The highest BCUT2D eigenvalue weighted by atomic mass is 19.1. The summed E-state index contributed by atoms with van der Waals surface area (Å²) in [5.74, 6) is -1.50. The van der Waals surface area contributed by atoms with Crippen LogP contribution in [0.2, 0.25) is 0 Å². The molecule has 0 fully saturated rings. The quantitative estimate of drug-likeness (QED) is 0.601. The molecule has 0 heterocycles. The highest BCUT2D eigenvalue weighted by Gasteiger charge is 2.26. The molecule has 0 aliphatic rings. The fourth-order valence-electron chi connectivity index (χ4n) is 2.02. The molecule has 1 atom stereocenters. The monoisotopic (exact) mass is 353 g/mol. The third-order valence-corrected chi connectivity index (χ3v) is 3.07. The maximum absolute atomic E-state index is 13.2. The molecule has 25 heavy (non-hydrogen) atoms. The first kappa shape index (κ1) is 20.6. The van der Waals surface area contributed by atoms with Crippen LogP contribution in [-0.4, -0.2) is 36.1 Å². The first-order chi connectivity index (χ1) is 11.6. The average molecular weight is 353 g/mol. The highest BCUT2D eigenvalue weighted by Crippen LogP contribution is 2.12. The van der Waals surface area contributed by atoms with E-state index < -0.39 is 29.5 Å². The molecule has 7 heteroatoms. The summed E-state index contributed by atoms with van der Waals surface area (Å²) in [5.41, 5.74) is -0.513. The second kappa shape index (κ2) is 9.15. The van der Waals surface area contributed by atoms with Crippen LogP contribution in [0.4, 0.5) is 9.18 Å². The Bertz CT molecular complexity index is 624. The van der Waals surface area contributed by atoms with Gasteiger partial charge in [0.25, 0.3) is 0 Å². The molecule has 1 aromatic carbocycles. The number of ether oxygens (including phenoxy) is 2. The van der Waals surface area contributed by atoms with Crippen molar-refractivity contribution in [1.82, 2.24) is 5.32 Å². The zero-order chi connectivity index (χ0) is 19.0. The Morgan fingerprint density at radius 3 is 2.48 bits per heavy atom. The fraction of sp³-hybridized carbons (Fsp3) is 0.500. The van der Waals surface area contributed by atoms with Crippen molar-refractivity contribution in [2.75, 3.05) is 6.61 Å². The second-order valence-corrected chi connectivity index (χ2v) is 6.42. The number of halogens is 1. The topological polar surface area (TPSA) is 81.7 Å². The Balaban J connectivity index is 2.72. The standard InChI is InChI=1S/C18H24FNO5/c1-5-24-16(22)14(20-17(23)25-18(2,3)4)9-10-15(21)12-7-6-8-13(19)11-12/h6-8,11,14H,5,9-10H2,1-4H3,(H,20,23)/t14-/m1/s1. The number of hydrogen-bond acceptors (Lipinski definition) is 5. The van der Waals surface area contributed by atoms with Crippen LogP contribution >= 0.6 is 0 Å². The number of esters is 1. The van der Waals surface area contributed by atoms with Gasteiger partial charge in [-0.2, -0.15) is 0 Å². The van der Waals surface area contributed by atoms with Gasteiger partial charge in [-0.1, -0.05) is 12.1 Å². The van der Waals surface area contributed by atoms with Gasteiger partial charge >= 0.3 is 12.1 Å². The molecular formula is C18H24FNO5. The van der Waals surface area contributed by atoms with Crippen LogP contribution in [-0.2, 0) is 14.3 Å².